The minimum Gasteiger partial charge on any atom is -0.477 e. The van der Waals surface area contributed by atoms with Crippen molar-refractivity contribution in [3.05, 3.63) is 72.6 Å². The molecule has 0 aliphatic heterocycles. The fourth-order valence-electron chi connectivity index (χ4n) is 3.93. The van der Waals surface area contributed by atoms with Crippen LogP contribution in [0, 0.1) is 0 Å². The highest BCUT2D eigenvalue weighted by Gasteiger charge is 2.25. The third-order valence-corrected chi connectivity index (χ3v) is 5.57. The van der Waals surface area contributed by atoms with E-state index in [2.05, 4.69) is 39.6 Å². The van der Waals surface area contributed by atoms with Crippen molar-refractivity contribution in [2.75, 3.05) is 7.11 Å². The molecule has 0 unspecified atom stereocenters. The van der Waals surface area contributed by atoms with Gasteiger partial charge in [0.1, 0.15) is 6.10 Å². The van der Waals surface area contributed by atoms with E-state index in [0.717, 1.165) is 36.8 Å². The Morgan fingerprint density at radius 1 is 0.903 bits per heavy atom. The Morgan fingerprint density at radius 2 is 1.55 bits per heavy atom. The van der Waals surface area contributed by atoms with Crippen molar-refractivity contribution in [1.29, 1.82) is 0 Å². The Labute approximate surface area is 182 Å². The number of benzene rings is 2. The Hall–Kier alpha value is -3.41. The van der Waals surface area contributed by atoms with E-state index in [1.807, 2.05) is 30.3 Å². The molecule has 4 rings (SSSR count). The number of rotatable bonds is 7. The van der Waals surface area contributed by atoms with Gasteiger partial charge in [-0.05, 0) is 42.4 Å². The second-order valence-corrected chi connectivity index (χ2v) is 7.77. The normalized spacial score (nSPS) is 18.2. The van der Waals surface area contributed by atoms with Crippen LogP contribution in [0.4, 0.5) is 0 Å². The standard InChI is InChI=1S/C25H27N3O3/c1-30-24-25(27-16-15-26-24)31-22-13-11-21(12-14-22)28-23(29)17-18-7-9-20(10-8-18)19-5-3-2-4-6-19/h2-10,15-16,21-22H,11-14,17H2,1H3,(H,28,29). The topological polar surface area (TPSA) is 73.3 Å². The molecule has 31 heavy (non-hydrogen) atoms. The van der Waals surface area contributed by atoms with Crippen LogP contribution in [-0.2, 0) is 11.2 Å². The van der Waals surface area contributed by atoms with E-state index in [0.29, 0.717) is 18.2 Å². The number of aromatic nitrogens is 2. The van der Waals surface area contributed by atoms with Crippen molar-refractivity contribution in [2.24, 2.45) is 0 Å². The zero-order chi connectivity index (χ0) is 21.5. The van der Waals surface area contributed by atoms with E-state index in [1.54, 1.807) is 19.5 Å². The predicted octanol–water partition coefficient (Wildman–Crippen LogP) is 4.20. The van der Waals surface area contributed by atoms with Crippen LogP contribution in [0.3, 0.4) is 0 Å². The van der Waals surface area contributed by atoms with E-state index in [-0.39, 0.29) is 18.1 Å². The average molecular weight is 418 g/mol. The highest BCUT2D eigenvalue weighted by molar-refractivity contribution is 5.79. The largest absolute Gasteiger partial charge is 0.477 e. The monoisotopic (exact) mass is 417 g/mol. The molecule has 0 atom stereocenters. The number of ether oxygens (including phenoxy) is 2. The molecule has 2 aromatic carbocycles. The van der Waals surface area contributed by atoms with Crippen molar-refractivity contribution in [2.45, 2.75) is 44.2 Å². The van der Waals surface area contributed by atoms with Crippen LogP contribution in [0.1, 0.15) is 31.2 Å². The highest BCUT2D eigenvalue weighted by atomic mass is 16.5. The van der Waals surface area contributed by atoms with Gasteiger partial charge in [0.05, 0.1) is 13.5 Å². The summed E-state index contributed by atoms with van der Waals surface area (Å²) < 4.78 is 11.2. The van der Waals surface area contributed by atoms with Gasteiger partial charge < -0.3 is 14.8 Å². The number of hydrogen-bond acceptors (Lipinski definition) is 5. The smallest absolute Gasteiger partial charge is 0.278 e. The fraction of sp³-hybridized carbons (Fsp3) is 0.320. The zero-order valence-corrected chi connectivity index (χ0v) is 17.7. The second-order valence-electron chi connectivity index (χ2n) is 7.77. The maximum absolute atomic E-state index is 12.5. The van der Waals surface area contributed by atoms with Gasteiger partial charge in [0.15, 0.2) is 0 Å². The van der Waals surface area contributed by atoms with Gasteiger partial charge in [-0.1, -0.05) is 54.6 Å². The van der Waals surface area contributed by atoms with E-state index in [9.17, 15) is 4.79 Å². The molecule has 3 aromatic rings. The lowest BCUT2D eigenvalue weighted by Crippen LogP contribution is -2.40. The van der Waals surface area contributed by atoms with Crippen molar-refractivity contribution in [1.82, 2.24) is 15.3 Å². The number of nitrogens with one attached hydrogen (secondary N) is 1. The third-order valence-electron chi connectivity index (χ3n) is 5.57. The highest BCUT2D eigenvalue weighted by Crippen LogP contribution is 2.27. The summed E-state index contributed by atoms with van der Waals surface area (Å²) in [6.45, 7) is 0. The van der Waals surface area contributed by atoms with Gasteiger partial charge in [-0.15, -0.1) is 0 Å². The summed E-state index contributed by atoms with van der Waals surface area (Å²) >= 11 is 0. The molecular formula is C25H27N3O3. The number of carbonyl (C=O) groups excluding carboxylic acids is 1. The lowest BCUT2D eigenvalue weighted by atomic mass is 9.92. The molecule has 6 nitrogen and oxygen atoms in total. The van der Waals surface area contributed by atoms with Crippen LogP contribution in [0.2, 0.25) is 0 Å². The minimum absolute atomic E-state index is 0.0595. The maximum atomic E-state index is 12.5. The predicted molar refractivity (Wildman–Crippen MR) is 119 cm³/mol. The molecule has 1 fully saturated rings. The van der Waals surface area contributed by atoms with Crippen LogP contribution >= 0.6 is 0 Å². The first-order valence-electron chi connectivity index (χ1n) is 10.7. The van der Waals surface area contributed by atoms with Crippen LogP contribution in [0.25, 0.3) is 11.1 Å². The van der Waals surface area contributed by atoms with Gasteiger partial charge >= 0.3 is 0 Å². The quantitative estimate of drug-likeness (QED) is 0.624. The molecule has 0 spiro atoms. The lowest BCUT2D eigenvalue weighted by molar-refractivity contribution is -0.121. The molecule has 1 amide bonds. The van der Waals surface area contributed by atoms with Gasteiger partial charge in [-0.25, -0.2) is 9.97 Å². The van der Waals surface area contributed by atoms with Crippen molar-refractivity contribution < 1.29 is 14.3 Å². The molecule has 1 N–H and O–H groups in total. The molecule has 6 heteroatoms. The molecule has 1 aliphatic carbocycles. The zero-order valence-electron chi connectivity index (χ0n) is 17.7. The van der Waals surface area contributed by atoms with Crippen LogP contribution in [0.15, 0.2) is 67.0 Å². The van der Waals surface area contributed by atoms with Crippen LogP contribution in [0.5, 0.6) is 11.8 Å². The summed E-state index contributed by atoms with van der Waals surface area (Å²) in [6.07, 6.45) is 7.10. The van der Waals surface area contributed by atoms with E-state index < -0.39 is 0 Å². The van der Waals surface area contributed by atoms with Crippen LogP contribution < -0.4 is 14.8 Å². The fourth-order valence-corrected chi connectivity index (χ4v) is 3.93. The lowest BCUT2D eigenvalue weighted by Gasteiger charge is -2.29. The molecule has 160 valence electrons. The number of hydrogen-bond donors (Lipinski definition) is 1. The summed E-state index contributed by atoms with van der Waals surface area (Å²) in [6, 6.07) is 18.6. The molecule has 1 aromatic heterocycles. The minimum atomic E-state index is 0.0595. The maximum Gasteiger partial charge on any atom is 0.278 e. The Kier molecular flexibility index (Phi) is 6.77. The SMILES string of the molecule is COc1nccnc1OC1CCC(NC(=O)Cc2ccc(-c3ccccc3)cc2)CC1. The molecule has 1 saturated carbocycles. The van der Waals surface area contributed by atoms with Gasteiger partial charge in [-0.2, -0.15) is 0 Å². The number of nitrogens with zero attached hydrogens (tertiary/aromatic N) is 2. The first-order chi connectivity index (χ1) is 15.2. The van der Waals surface area contributed by atoms with Crippen molar-refractivity contribution >= 4 is 5.91 Å². The summed E-state index contributed by atoms with van der Waals surface area (Å²) in [7, 11) is 1.55. The number of methoxy groups -OCH3 is 1. The summed E-state index contributed by atoms with van der Waals surface area (Å²) in [5, 5.41) is 3.17. The summed E-state index contributed by atoms with van der Waals surface area (Å²) in [4.78, 5) is 20.8. The molecule has 0 radical (unpaired) electrons. The third kappa shape index (κ3) is 5.60. The Balaban J connectivity index is 1.24. The summed E-state index contributed by atoms with van der Waals surface area (Å²) in [5.41, 5.74) is 3.35. The van der Waals surface area contributed by atoms with Crippen molar-refractivity contribution in [3.63, 3.8) is 0 Å². The van der Waals surface area contributed by atoms with Gasteiger partial charge in [0.2, 0.25) is 5.91 Å². The molecule has 1 aliphatic rings. The summed E-state index contributed by atoms with van der Waals surface area (Å²) in [5.74, 6) is 0.889. The second kappa shape index (κ2) is 10.1. The van der Waals surface area contributed by atoms with Gasteiger partial charge in [-0.3, -0.25) is 4.79 Å². The Morgan fingerprint density at radius 3 is 2.23 bits per heavy atom. The van der Waals surface area contributed by atoms with E-state index >= 15 is 0 Å². The first kappa shape index (κ1) is 20.8. The Bertz CT molecular complexity index is 984. The molecule has 0 bridgehead atoms. The van der Waals surface area contributed by atoms with E-state index in [4.69, 9.17) is 9.47 Å². The van der Waals surface area contributed by atoms with Gasteiger partial charge in [0, 0.05) is 18.4 Å². The number of amides is 1. The average Bonchev–Trinajstić information content (AvgIpc) is 2.82. The first-order valence-corrected chi connectivity index (χ1v) is 10.7. The molecule has 0 saturated heterocycles. The number of carbonyl (C=O) groups is 1. The van der Waals surface area contributed by atoms with Crippen molar-refractivity contribution in [3.8, 4) is 22.9 Å². The molecule has 1 heterocycles. The van der Waals surface area contributed by atoms with Gasteiger partial charge in [0.25, 0.3) is 11.8 Å². The van der Waals surface area contributed by atoms with Crippen LogP contribution in [-0.4, -0.2) is 35.1 Å². The van der Waals surface area contributed by atoms with E-state index in [1.165, 1.54) is 5.56 Å². The molecular weight excluding hydrogens is 390 g/mol.